The van der Waals surface area contributed by atoms with Crippen LogP contribution in [0.5, 0.6) is 0 Å². The third-order valence-electron chi connectivity index (χ3n) is 4.46. The summed E-state index contributed by atoms with van der Waals surface area (Å²) in [6, 6.07) is 17.2. The van der Waals surface area contributed by atoms with Crippen LogP contribution in [-0.2, 0) is 4.79 Å². The molecule has 0 saturated carbocycles. The van der Waals surface area contributed by atoms with E-state index in [2.05, 4.69) is 20.3 Å². The smallest absolute Gasteiger partial charge is 0.327 e. The van der Waals surface area contributed by atoms with Crippen LogP contribution in [0.25, 0.3) is 22.4 Å². The zero-order valence-corrected chi connectivity index (χ0v) is 16.6. The van der Waals surface area contributed by atoms with E-state index in [1.54, 1.807) is 30.6 Å². The Morgan fingerprint density at radius 1 is 1.07 bits per heavy atom. The summed E-state index contributed by atoms with van der Waals surface area (Å²) in [7, 11) is 0. The van der Waals surface area contributed by atoms with Gasteiger partial charge in [-0.15, -0.1) is 11.8 Å². The molecule has 4 aromatic rings. The van der Waals surface area contributed by atoms with Crippen LogP contribution in [-0.4, -0.2) is 43.7 Å². The van der Waals surface area contributed by atoms with Gasteiger partial charge in [-0.3, -0.25) is 9.78 Å². The normalized spacial score (nSPS) is 11.9. The fraction of sp³-hybridized carbons (Fsp3) is 0.0909. The lowest BCUT2D eigenvalue weighted by Gasteiger charge is -2.14. The van der Waals surface area contributed by atoms with Crippen molar-refractivity contribution >= 4 is 34.7 Å². The number of rotatable bonds is 7. The minimum Gasteiger partial charge on any atom is -0.480 e. The van der Waals surface area contributed by atoms with Crippen molar-refractivity contribution in [3.05, 3.63) is 78.6 Å². The standard InChI is InChI=1S/C22H18N4O3S/c27-21(26-19(22(28)29)13-30-16-4-2-1-3-5-16)15-6-7-17-18(12-15)25-20(24-17)14-8-10-23-11-9-14/h1-12,19H,13H2,(H,24,25)(H,26,27)(H,28,29)/t19-/m0/s1. The maximum Gasteiger partial charge on any atom is 0.327 e. The van der Waals surface area contributed by atoms with Crippen molar-refractivity contribution in [3.63, 3.8) is 0 Å². The summed E-state index contributed by atoms with van der Waals surface area (Å²) in [6.45, 7) is 0. The number of aromatic amines is 1. The topological polar surface area (TPSA) is 108 Å². The van der Waals surface area contributed by atoms with Crippen LogP contribution in [0.3, 0.4) is 0 Å². The second-order valence-electron chi connectivity index (χ2n) is 6.54. The van der Waals surface area contributed by atoms with E-state index >= 15 is 0 Å². The van der Waals surface area contributed by atoms with Gasteiger partial charge in [0.05, 0.1) is 11.0 Å². The van der Waals surface area contributed by atoms with Crippen molar-refractivity contribution < 1.29 is 14.7 Å². The molecule has 7 nitrogen and oxygen atoms in total. The number of aliphatic carboxylic acids is 1. The Morgan fingerprint density at radius 3 is 2.57 bits per heavy atom. The number of carboxylic acids is 1. The summed E-state index contributed by atoms with van der Waals surface area (Å²) in [5.74, 6) is -0.621. The van der Waals surface area contributed by atoms with E-state index in [4.69, 9.17) is 0 Å². The zero-order chi connectivity index (χ0) is 20.9. The molecule has 2 heterocycles. The first kappa shape index (κ1) is 19.7. The molecular weight excluding hydrogens is 400 g/mol. The molecule has 1 atom stereocenters. The maximum atomic E-state index is 12.7. The summed E-state index contributed by atoms with van der Waals surface area (Å²) in [5.41, 5.74) is 2.66. The number of carbonyl (C=O) groups is 2. The van der Waals surface area contributed by atoms with Crippen LogP contribution >= 0.6 is 11.8 Å². The Morgan fingerprint density at radius 2 is 1.83 bits per heavy atom. The highest BCUT2D eigenvalue weighted by Gasteiger charge is 2.21. The fourth-order valence-electron chi connectivity index (χ4n) is 2.91. The van der Waals surface area contributed by atoms with E-state index in [1.165, 1.54) is 11.8 Å². The van der Waals surface area contributed by atoms with Gasteiger partial charge in [-0.2, -0.15) is 0 Å². The average molecular weight is 418 g/mol. The molecule has 0 bridgehead atoms. The number of H-pyrrole nitrogens is 1. The van der Waals surface area contributed by atoms with E-state index in [1.807, 2.05) is 42.5 Å². The Kier molecular flexibility index (Phi) is 5.76. The van der Waals surface area contributed by atoms with Crippen LogP contribution in [0.2, 0.25) is 0 Å². The Bertz CT molecular complexity index is 1180. The minimum atomic E-state index is -1.07. The minimum absolute atomic E-state index is 0.226. The molecule has 0 fully saturated rings. The lowest BCUT2D eigenvalue weighted by Crippen LogP contribution is -2.42. The molecule has 1 amide bonds. The van der Waals surface area contributed by atoms with Crippen LogP contribution in [0, 0.1) is 0 Å². The summed E-state index contributed by atoms with van der Waals surface area (Å²) < 4.78 is 0. The molecule has 0 radical (unpaired) electrons. The number of pyridine rings is 1. The number of aromatic nitrogens is 3. The first-order valence-electron chi connectivity index (χ1n) is 9.22. The molecule has 0 unspecified atom stereocenters. The van der Waals surface area contributed by atoms with Gasteiger partial charge in [0.25, 0.3) is 5.91 Å². The van der Waals surface area contributed by atoms with Gasteiger partial charge in [-0.25, -0.2) is 9.78 Å². The van der Waals surface area contributed by atoms with Crippen LogP contribution in [0.4, 0.5) is 0 Å². The lowest BCUT2D eigenvalue weighted by atomic mass is 10.2. The van der Waals surface area contributed by atoms with Crippen molar-refractivity contribution in [1.29, 1.82) is 0 Å². The largest absolute Gasteiger partial charge is 0.480 e. The van der Waals surface area contributed by atoms with Gasteiger partial charge < -0.3 is 15.4 Å². The van der Waals surface area contributed by atoms with Crippen molar-refractivity contribution in [2.75, 3.05) is 5.75 Å². The molecule has 8 heteroatoms. The molecule has 0 aliphatic carbocycles. The first-order chi connectivity index (χ1) is 14.6. The number of carbonyl (C=O) groups excluding carboxylic acids is 1. The molecule has 0 aliphatic heterocycles. The van der Waals surface area contributed by atoms with E-state index < -0.39 is 17.9 Å². The highest BCUT2D eigenvalue weighted by Crippen LogP contribution is 2.21. The lowest BCUT2D eigenvalue weighted by molar-refractivity contribution is -0.138. The van der Waals surface area contributed by atoms with Crippen molar-refractivity contribution in [2.24, 2.45) is 0 Å². The number of amides is 1. The van der Waals surface area contributed by atoms with Crippen LogP contribution in [0.15, 0.2) is 78.0 Å². The molecule has 0 saturated heterocycles. The average Bonchev–Trinajstić information content (AvgIpc) is 3.21. The Labute approximate surface area is 176 Å². The number of hydrogen-bond acceptors (Lipinski definition) is 5. The first-order valence-corrected chi connectivity index (χ1v) is 10.2. The molecule has 30 heavy (non-hydrogen) atoms. The summed E-state index contributed by atoms with van der Waals surface area (Å²) in [4.78, 5) is 36.9. The molecule has 3 N–H and O–H groups in total. The third kappa shape index (κ3) is 4.49. The molecule has 150 valence electrons. The van der Waals surface area contributed by atoms with Crippen LogP contribution in [0.1, 0.15) is 10.4 Å². The predicted octanol–water partition coefficient (Wildman–Crippen LogP) is 3.60. The monoisotopic (exact) mass is 418 g/mol. The van der Waals surface area contributed by atoms with Gasteiger partial charge in [0.2, 0.25) is 0 Å². The molecule has 0 aliphatic rings. The molecule has 2 aromatic carbocycles. The Hall–Kier alpha value is -3.65. The van der Waals surface area contributed by atoms with Crippen molar-refractivity contribution in [1.82, 2.24) is 20.3 Å². The maximum absolute atomic E-state index is 12.7. The number of imidazole rings is 1. The van der Waals surface area contributed by atoms with Crippen molar-refractivity contribution in [2.45, 2.75) is 10.9 Å². The van der Waals surface area contributed by atoms with E-state index in [-0.39, 0.29) is 5.75 Å². The van der Waals surface area contributed by atoms with Gasteiger partial charge in [0.1, 0.15) is 11.9 Å². The van der Waals surface area contributed by atoms with Gasteiger partial charge in [0, 0.05) is 34.2 Å². The van der Waals surface area contributed by atoms with Crippen molar-refractivity contribution in [3.8, 4) is 11.4 Å². The number of hydrogen-bond donors (Lipinski definition) is 3. The van der Waals surface area contributed by atoms with E-state index in [0.717, 1.165) is 10.5 Å². The number of nitrogens with zero attached hydrogens (tertiary/aromatic N) is 2. The molecular formula is C22H18N4O3S. The van der Waals surface area contributed by atoms with Crippen LogP contribution < -0.4 is 5.32 Å². The Balaban J connectivity index is 1.49. The van der Waals surface area contributed by atoms with E-state index in [0.29, 0.717) is 22.4 Å². The highest BCUT2D eigenvalue weighted by molar-refractivity contribution is 7.99. The van der Waals surface area contributed by atoms with Gasteiger partial charge in [-0.05, 0) is 42.5 Å². The second-order valence-corrected chi connectivity index (χ2v) is 7.63. The number of benzene rings is 2. The zero-order valence-electron chi connectivity index (χ0n) is 15.8. The second kappa shape index (κ2) is 8.79. The molecule has 2 aromatic heterocycles. The summed E-state index contributed by atoms with van der Waals surface area (Å²) in [5, 5.41) is 12.1. The van der Waals surface area contributed by atoms with Gasteiger partial charge in [0.15, 0.2) is 0 Å². The molecule has 4 rings (SSSR count). The fourth-order valence-corrected chi connectivity index (χ4v) is 3.84. The third-order valence-corrected chi connectivity index (χ3v) is 5.57. The quantitative estimate of drug-likeness (QED) is 0.396. The predicted molar refractivity (Wildman–Crippen MR) is 115 cm³/mol. The SMILES string of the molecule is O=C(N[C@@H](CSc1ccccc1)C(=O)O)c1ccc2nc(-c3ccncc3)[nH]c2c1. The number of fused-ring (bicyclic) bond motifs is 1. The summed E-state index contributed by atoms with van der Waals surface area (Å²) in [6.07, 6.45) is 3.36. The van der Waals surface area contributed by atoms with Gasteiger partial charge in [-0.1, -0.05) is 18.2 Å². The van der Waals surface area contributed by atoms with E-state index in [9.17, 15) is 14.7 Å². The number of thioether (sulfide) groups is 1. The van der Waals surface area contributed by atoms with Gasteiger partial charge >= 0.3 is 5.97 Å². The highest BCUT2D eigenvalue weighted by atomic mass is 32.2. The molecule has 0 spiro atoms. The summed E-state index contributed by atoms with van der Waals surface area (Å²) >= 11 is 1.38. The number of carboxylic acid groups (broad SMARTS) is 1. The number of nitrogens with one attached hydrogen (secondary N) is 2.